The molecule has 7 heteroatoms. The van der Waals surface area contributed by atoms with Crippen LogP contribution in [0.4, 0.5) is 13.2 Å². The number of nitrogens with one attached hydrogen (secondary N) is 1. The summed E-state index contributed by atoms with van der Waals surface area (Å²) in [6, 6.07) is 0. The van der Waals surface area contributed by atoms with Crippen LogP contribution in [0.25, 0.3) is 0 Å². The minimum Gasteiger partial charge on any atom is -0.481 e. The molecule has 0 atom stereocenters. The van der Waals surface area contributed by atoms with Crippen LogP contribution in [-0.2, 0) is 9.59 Å². The summed E-state index contributed by atoms with van der Waals surface area (Å²) in [6.45, 7) is 5.06. The van der Waals surface area contributed by atoms with E-state index in [4.69, 9.17) is 5.11 Å². The van der Waals surface area contributed by atoms with Gasteiger partial charge in [0.05, 0.1) is 10.8 Å². The SMILES string of the molecule is CCC(CC)(CNC(=O)CC(C)(C)C(F)(F)F)C(=O)O. The average molecular weight is 297 g/mol. The van der Waals surface area contributed by atoms with Crippen LogP contribution in [0.5, 0.6) is 0 Å². The topological polar surface area (TPSA) is 66.4 Å². The third-order valence-electron chi connectivity index (χ3n) is 3.80. The van der Waals surface area contributed by atoms with Crippen LogP contribution in [0, 0.1) is 10.8 Å². The van der Waals surface area contributed by atoms with Gasteiger partial charge in [0.1, 0.15) is 0 Å². The predicted molar refractivity (Wildman–Crippen MR) is 68.1 cm³/mol. The fourth-order valence-corrected chi connectivity index (χ4v) is 1.71. The number of carbonyl (C=O) groups is 2. The van der Waals surface area contributed by atoms with Crippen molar-refractivity contribution in [3.8, 4) is 0 Å². The molecule has 0 saturated carbocycles. The average Bonchev–Trinajstić information content (AvgIpc) is 2.28. The Morgan fingerprint density at radius 3 is 1.85 bits per heavy atom. The number of hydrogen-bond acceptors (Lipinski definition) is 2. The van der Waals surface area contributed by atoms with Crippen LogP contribution in [0.1, 0.15) is 47.0 Å². The van der Waals surface area contributed by atoms with Gasteiger partial charge < -0.3 is 10.4 Å². The third kappa shape index (κ3) is 4.38. The van der Waals surface area contributed by atoms with Gasteiger partial charge in [-0.2, -0.15) is 13.2 Å². The second kappa shape index (κ2) is 6.45. The van der Waals surface area contributed by atoms with Gasteiger partial charge in [-0.3, -0.25) is 9.59 Å². The molecule has 0 aliphatic rings. The van der Waals surface area contributed by atoms with Gasteiger partial charge in [-0.15, -0.1) is 0 Å². The van der Waals surface area contributed by atoms with Crippen molar-refractivity contribution >= 4 is 11.9 Å². The van der Waals surface area contributed by atoms with Gasteiger partial charge in [0, 0.05) is 13.0 Å². The first-order valence-electron chi connectivity index (χ1n) is 6.48. The molecule has 118 valence electrons. The lowest BCUT2D eigenvalue weighted by molar-refractivity contribution is -0.213. The molecule has 0 aliphatic heterocycles. The first kappa shape index (κ1) is 18.7. The normalized spacial score (nSPS) is 13.2. The van der Waals surface area contributed by atoms with Crippen LogP contribution < -0.4 is 5.32 Å². The van der Waals surface area contributed by atoms with Crippen LogP contribution >= 0.6 is 0 Å². The van der Waals surface area contributed by atoms with Gasteiger partial charge in [-0.25, -0.2) is 0 Å². The van der Waals surface area contributed by atoms with Crippen LogP contribution in [-0.4, -0.2) is 29.7 Å². The molecule has 0 aromatic rings. The monoisotopic (exact) mass is 297 g/mol. The predicted octanol–water partition coefficient (Wildman–Crippen LogP) is 2.97. The van der Waals surface area contributed by atoms with Crippen LogP contribution in [0.3, 0.4) is 0 Å². The zero-order valence-electron chi connectivity index (χ0n) is 12.2. The van der Waals surface area contributed by atoms with Crippen molar-refractivity contribution in [1.29, 1.82) is 0 Å². The molecule has 0 saturated heterocycles. The highest BCUT2D eigenvalue weighted by Gasteiger charge is 2.48. The van der Waals surface area contributed by atoms with Crippen molar-refractivity contribution in [2.45, 2.75) is 53.1 Å². The summed E-state index contributed by atoms with van der Waals surface area (Å²) in [7, 11) is 0. The van der Waals surface area contributed by atoms with Crippen molar-refractivity contribution in [2.24, 2.45) is 10.8 Å². The molecular formula is C13H22F3NO3. The summed E-state index contributed by atoms with van der Waals surface area (Å²) in [4.78, 5) is 22.8. The lowest BCUT2D eigenvalue weighted by Gasteiger charge is -2.29. The molecule has 0 spiro atoms. The number of hydrogen-bond donors (Lipinski definition) is 2. The van der Waals surface area contributed by atoms with Gasteiger partial charge in [0.2, 0.25) is 5.91 Å². The van der Waals surface area contributed by atoms with E-state index in [0.29, 0.717) is 12.8 Å². The smallest absolute Gasteiger partial charge is 0.394 e. The number of carboxylic acid groups (broad SMARTS) is 1. The maximum Gasteiger partial charge on any atom is 0.394 e. The molecule has 0 rings (SSSR count). The minimum atomic E-state index is -4.48. The molecule has 4 nitrogen and oxygen atoms in total. The van der Waals surface area contributed by atoms with Gasteiger partial charge in [-0.1, -0.05) is 27.7 Å². The first-order valence-corrected chi connectivity index (χ1v) is 6.48. The van der Waals surface area contributed by atoms with E-state index in [1.54, 1.807) is 13.8 Å². The largest absolute Gasteiger partial charge is 0.481 e. The molecule has 0 aromatic carbocycles. The lowest BCUT2D eigenvalue weighted by atomic mass is 9.82. The second-order valence-corrected chi connectivity index (χ2v) is 5.63. The Kier molecular flexibility index (Phi) is 6.04. The van der Waals surface area contributed by atoms with Gasteiger partial charge >= 0.3 is 12.1 Å². The molecule has 0 unspecified atom stereocenters. The molecule has 2 N–H and O–H groups in total. The van der Waals surface area contributed by atoms with Gasteiger partial charge in [0.15, 0.2) is 0 Å². The maximum atomic E-state index is 12.7. The highest BCUT2D eigenvalue weighted by Crippen LogP contribution is 2.40. The van der Waals surface area contributed by atoms with Crippen molar-refractivity contribution in [1.82, 2.24) is 5.32 Å². The number of rotatable bonds is 7. The zero-order valence-corrected chi connectivity index (χ0v) is 12.2. The zero-order chi connectivity index (χ0) is 16.2. The summed E-state index contributed by atoms with van der Waals surface area (Å²) < 4.78 is 38.0. The van der Waals surface area contributed by atoms with Crippen LogP contribution in [0.2, 0.25) is 0 Å². The summed E-state index contributed by atoms with van der Waals surface area (Å²) in [6.07, 6.45) is -4.62. The molecule has 0 fully saturated rings. The van der Waals surface area contributed by atoms with Crippen LogP contribution in [0.15, 0.2) is 0 Å². The Labute approximate surface area is 116 Å². The van der Waals surface area contributed by atoms with Crippen molar-refractivity contribution in [3.63, 3.8) is 0 Å². The second-order valence-electron chi connectivity index (χ2n) is 5.63. The first-order chi connectivity index (χ1) is 8.92. The van der Waals surface area contributed by atoms with E-state index in [1.807, 2.05) is 0 Å². The fraction of sp³-hybridized carbons (Fsp3) is 0.846. The molecule has 20 heavy (non-hydrogen) atoms. The molecule has 1 amide bonds. The van der Waals surface area contributed by atoms with E-state index in [9.17, 15) is 22.8 Å². The number of halogens is 3. The fourth-order valence-electron chi connectivity index (χ4n) is 1.71. The van der Waals surface area contributed by atoms with E-state index in [0.717, 1.165) is 13.8 Å². The van der Waals surface area contributed by atoms with Crippen molar-refractivity contribution in [3.05, 3.63) is 0 Å². The highest BCUT2D eigenvalue weighted by atomic mass is 19.4. The Balaban J connectivity index is 4.68. The Bertz CT molecular complexity index is 360. The molecular weight excluding hydrogens is 275 g/mol. The summed E-state index contributed by atoms with van der Waals surface area (Å²) >= 11 is 0. The van der Waals surface area contributed by atoms with Crippen molar-refractivity contribution < 1.29 is 27.9 Å². The number of carboxylic acids is 1. The van der Waals surface area contributed by atoms with E-state index in [-0.39, 0.29) is 6.54 Å². The quantitative estimate of drug-likeness (QED) is 0.759. The third-order valence-corrected chi connectivity index (χ3v) is 3.80. The number of aliphatic carboxylic acids is 1. The van der Waals surface area contributed by atoms with E-state index in [1.165, 1.54) is 0 Å². The van der Waals surface area contributed by atoms with Crippen molar-refractivity contribution in [2.75, 3.05) is 6.54 Å². The van der Waals surface area contributed by atoms with E-state index in [2.05, 4.69) is 5.32 Å². The summed E-state index contributed by atoms with van der Waals surface area (Å²) in [5.41, 5.74) is -3.26. The number of alkyl halides is 3. The van der Waals surface area contributed by atoms with E-state index < -0.39 is 35.3 Å². The maximum absolute atomic E-state index is 12.7. The molecule has 0 aliphatic carbocycles. The summed E-state index contributed by atoms with van der Waals surface area (Å²) in [5.74, 6) is -1.85. The number of carbonyl (C=O) groups excluding carboxylic acids is 1. The summed E-state index contributed by atoms with van der Waals surface area (Å²) in [5, 5.41) is 11.5. The lowest BCUT2D eigenvalue weighted by Crippen LogP contribution is -2.44. The number of amides is 1. The standard InChI is InChI=1S/C13H22F3NO3/c1-5-12(6-2,10(19)20)8-17-9(18)7-11(3,4)13(14,15)16/h5-8H2,1-4H3,(H,17,18)(H,19,20). The molecule has 0 bridgehead atoms. The Morgan fingerprint density at radius 2 is 1.55 bits per heavy atom. The molecule has 0 aromatic heterocycles. The highest BCUT2D eigenvalue weighted by molar-refractivity contribution is 5.79. The van der Waals surface area contributed by atoms with Gasteiger partial charge in [-0.05, 0) is 12.8 Å². The van der Waals surface area contributed by atoms with Gasteiger partial charge in [0.25, 0.3) is 0 Å². The Morgan fingerprint density at radius 1 is 1.10 bits per heavy atom. The molecule has 0 radical (unpaired) electrons. The van der Waals surface area contributed by atoms with E-state index >= 15 is 0 Å². The molecule has 0 heterocycles. The minimum absolute atomic E-state index is 0.165. The Hall–Kier alpha value is -1.27.